The Hall–Kier alpha value is -1.86. The van der Waals surface area contributed by atoms with Gasteiger partial charge < -0.3 is 5.32 Å². The van der Waals surface area contributed by atoms with Gasteiger partial charge in [0.25, 0.3) is 0 Å². The van der Waals surface area contributed by atoms with Gasteiger partial charge in [0.1, 0.15) is 0 Å². The normalized spacial score (nSPS) is 19.6. The van der Waals surface area contributed by atoms with Crippen LogP contribution in [0.5, 0.6) is 0 Å². The highest BCUT2D eigenvalue weighted by Gasteiger charge is 2.23. The van der Waals surface area contributed by atoms with Crippen molar-refractivity contribution < 1.29 is 4.79 Å². The molecular weight excluding hydrogens is 238 g/mol. The molecule has 1 aromatic carbocycles. The van der Waals surface area contributed by atoms with Crippen molar-refractivity contribution in [2.24, 2.45) is 0 Å². The van der Waals surface area contributed by atoms with Crippen LogP contribution in [0.25, 0.3) is 0 Å². The van der Waals surface area contributed by atoms with E-state index in [0.717, 1.165) is 31.4 Å². The van der Waals surface area contributed by atoms with Gasteiger partial charge in [0.05, 0.1) is 18.7 Å². The number of hydrogen-bond donors (Lipinski definition) is 1. The molecule has 1 atom stereocenters. The molecule has 1 saturated heterocycles. The fraction of sp³-hybridized carbons (Fsp3) is 0.467. The Balaban J connectivity index is 1.79. The zero-order valence-electron chi connectivity index (χ0n) is 11.0. The van der Waals surface area contributed by atoms with Gasteiger partial charge in [-0.3, -0.25) is 9.69 Å². The van der Waals surface area contributed by atoms with Gasteiger partial charge in [-0.05, 0) is 31.4 Å². The molecule has 4 heteroatoms. The van der Waals surface area contributed by atoms with Crippen molar-refractivity contribution in [2.75, 3.05) is 13.1 Å². The molecule has 19 heavy (non-hydrogen) atoms. The van der Waals surface area contributed by atoms with E-state index in [0.29, 0.717) is 13.1 Å². The lowest BCUT2D eigenvalue weighted by atomic mass is 10.0. The fourth-order valence-electron chi connectivity index (χ4n) is 2.36. The van der Waals surface area contributed by atoms with Gasteiger partial charge in [-0.25, -0.2) is 0 Å². The van der Waals surface area contributed by atoms with Crippen molar-refractivity contribution in [1.29, 1.82) is 5.26 Å². The van der Waals surface area contributed by atoms with E-state index >= 15 is 0 Å². The minimum absolute atomic E-state index is 0.00833. The molecule has 1 aliphatic heterocycles. The molecule has 1 N–H and O–H groups in total. The zero-order chi connectivity index (χ0) is 13.5. The molecule has 1 aliphatic rings. The van der Waals surface area contributed by atoms with E-state index in [1.165, 1.54) is 0 Å². The largest absolute Gasteiger partial charge is 0.351 e. The molecule has 0 radical (unpaired) electrons. The number of hydrogen-bond acceptors (Lipinski definition) is 3. The van der Waals surface area contributed by atoms with E-state index in [9.17, 15) is 4.79 Å². The molecule has 2 rings (SSSR count). The van der Waals surface area contributed by atoms with Gasteiger partial charge in [-0.2, -0.15) is 5.26 Å². The number of benzene rings is 1. The van der Waals surface area contributed by atoms with Crippen LogP contribution in [-0.2, 0) is 11.3 Å². The van der Waals surface area contributed by atoms with Crippen LogP contribution >= 0.6 is 0 Å². The average molecular weight is 257 g/mol. The zero-order valence-corrected chi connectivity index (χ0v) is 11.0. The summed E-state index contributed by atoms with van der Waals surface area (Å²) in [7, 11) is 0. The van der Waals surface area contributed by atoms with Crippen LogP contribution in [0.3, 0.4) is 0 Å². The van der Waals surface area contributed by atoms with E-state index in [-0.39, 0.29) is 11.9 Å². The van der Waals surface area contributed by atoms with Crippen LogP contribution in [0, 0.1) is 11.3 Å². The maximum atomic E-state index is 11.9. The number of carbonyl (C=O) groups excluding carboxylic acids is 1. The Bertz CT molecular complexity index is 452. The van der Waals surface area contributed by atoms with Crippen LogP contribution in [0.2, 0.25) is 0 Å². The third-order valence-corrected chi connectivity index (χ3v) is 3.44. The molecular formula is C15H19N3O. The molecule has 0 spiro atoms. The second-order valence-corrected chi connectivity index (χ2v) is 4.87. The Morgan fingerprint density at radius 2 is 2.16 bits per heavy atom. The van der Waals surface area contributed by atoms with Crippen LogP contribution in [0.4, 0.5) is 0 Å². The van der Waals surface area contributed by atoms with Gasteiger partial charge in [-0.15, -0.1) is 0 Å². The first-order valence-corrected chi connectivity index (χ1v) is 6.74. The smallest absolute Gasteiger partial charge is 0.234 e. The van der Waals surface area contributed by atoms with Gasteiger partial charge >= 0.3 is 0 Å². The monoisotopic (exact) mass is 257 g/mol. The summed E-state index contributed by atoms with van der Waals surface area (Å²) in [6, 6.07) is 12.0. The molecule has 0 bridgehead atoms. The van der Waals surface area contributed by atoms with Crippen LogP contribution < -0.4 is 5.32 Å². The van der Waals surface area contributed by atoms with Crippen LogP contribution in [0.15, 0.2) is 30.3 Å². The van der Waals surface area contributed by atoms with Crippen molar-refractivity contribution >= 4 is 5.91 Å². The number of piperidine rings is 1. The SMILES string of the molecule is N#CC1CCCCN1CC(=O)NCc1ccccc1. The number of nitriles is 1. The summed E-state index contributed by atoms with van der Waals surface area (Å²) in [5.74, 6) is -0.00833. The Labute approximate surface area is 114 Å². The molecule has 1 aromatic rings. The molecule has 0 aromatic heterocycles. The molecule has 4 nitrogen and oxygen atoms in total. The minimum Gasteiger partial charge on any atom is -0.351 e. The predicted octanol–water partition coefficient (Wildman–Crippen LogP) is 1.68. The maximum absolute atomic E-state index is 11.9. The lowest BCUT2D eigenvalue weighted by molar-refractivity contribution is -0.123. The topological polar surface area (TPSA) is 56.1 Å². The van der Waals surface area contributed by atoms with Gasteiger partial charge in [0.2, 0.25) is 5.91 Å². The minimum atomic E-state index is -0.101. The van der Waals surface area contributed by atoms with E-state index in [1.54, 1.807) is 0 Å². The molecule has 1 heterocycles. The highest BCUT2D eigenvalue weighted by molar-refractivity contribution is 5.78. The number of carbonyl (C=O) groups is 1. The van der Waals surface area contributed by atoms with Crippen LogP contribution in [0.1, 0.15) is 24.8 Å². The van der Waals surface area contributed by atoms with E-state index in [1.807, 2.05) is 35.2 Å². The summed E-state index contributed by atoms with van der Waals surface area (Å²) in [5.41, 5.74) is 1.09. The van der Waals surface area contributed by atoms with Gasteiger partial charge in [0.15, 0.2) is 0 Å². The summed E-state index contributed by atoms with van der Waals surface area (Å²) in [6.45, 7) is 1.72. The number of amides is 1. The van der Waals surface area contributed by atoms with Crippen molar-refractivity contribution in [3.8, 4) is 6.07 Å². The molecule has 0 saturated carbocycles. The molecule has 100 valence electrons. The first kappa shape index (κ1) is 13.6. The maximum Gasteiger partial charge on any atom is 0.234 e. The quantitative estimate of drug-likeness (QED) is 0.893. The van der Waals surface area contributed by atoms with Crippen molar-refractivity contribution in [2.45, 2.75) is 31.8 Å². The Morgan fingerprint density at radius 1 is 1.37 bits per heavy atom. The van der Waals surface area contributed by atoms with Gasteiger partial charge in [0, 0.05) is 6.54 Å². The number of rotatable bonds is 4. The van der Waals surface area contributed by atoms with Crippen molar-refractivity contribution in [3.05, 3.63) is 35.9 Å². The summed E-state index contributed by atoms with van der Waals surface area (Å²) in [6.07, 6.45) is 3.03. The molecule has 1 fully saturated rings. The predicted molar refractivity (Wildman–Crippen MR) is 73.1 cm³/mol. The second kappa shape index (κ2) is 6.91. The van der Waals surface area contributed by atoms with E-state index < -0.39 is 0 Å². The van der Waals surface area contributed by atoms with Crippen molar-refractivity contribution in [1.82, 2.24) is 10.2 Å². The first-order valence-electron chi connectivity index (χ1n) is 6.74. The molecule has 1 unspecified atom stereocenters. The van der Waals surface area contributed by atoms with Crippen LogP contribution in [-0.4, -0.2) is 29.9 Å². The fourth-order valence-corrected chi connectivity index (χ4v) is 2.36. The summed E-state index contributed by atoms with van der Waals surface area (Å²) >= 11 is 0. The summed E-state index contributed by atoms with van der Waals surface area (Å²) in [4.78, 5) is 13.9. The number of nitrogens with zero attached hydrogens (tertiary/aromatic N) is 2. The summed E-state index contributed by atoms with van der Waals surface area (Å²) < 4.78 is 0. The van der Waals surface area contributed by atoms with Gasteiger partial charge in [-0.1, -0.05) is 30.3 Å². The number of nitrogens with one attached hydrogen (secondary N) is 1. The average Bonchev–Trinajstić information content (AvgIpc) is 2.47. The second-order valence-electron chi connectivity index (χ2n) is 4.87. The van der Waals surface area contributed by atoms with Crippen molar-refractivity contribution in [3.63, 3.8) is 0 Å². The third kappa shape index (κ3) is 4.08. The van der Waals surface area contributed by atoms with E-state index in [4.69, 9.17) is 5.26 Å². The summed E-state index contributed by atoms with van der Waals surface area (Å²) in [5, 5.41) is 12.0. The highest BCUT2D eigenvalue weighted by atomic mass is 16.2. The molecule has 1 amide bonds. The Kier molecular flexibility index (Phi) is 4.93. The first-order chi connectivity index (χ1) is 9.29. The van der Waals surface area contributed by atoms with E-state index in [2.05, 4.69) is 11.4 Å². The Morgan fingerprint density at radius 3 is 2.89 bits per heavy atom. The number of likely N-dealkylation sites (tertiary alicyclic amines) is 1. The lowest BCUT2D eigenvalue weighted by Gasteiger charge is -2.30. The lowest BCUT2D eigenvalue weighted by Crippen LogP contribution is -2.44. The highest BCUT2D eigenvalue weighted by Crippen LogP contribution is 2.15. The molecule has 0 aliphatic carbocycles. The standard InChI is InChI=1S/C15H19N3O/c16-10-14-8-4-5-9-18(14)12-15(19)17-11-13-6-2-1-3-7-13/h1-3,6-7,14H,4-5,8-9,11-12H2,(H,17,19). The third-order valence-electron chi connectivity index (χ3n) is 3.44.